The summed E-state index contributed by atoms with van der Waals surface area (Å²) in [5.41, 5.74) is 2.15. The van der Waals surface area contributed by atoms with Crippen LogP contribution in [0.4, 0.5) is 0 Å². The van der Waals surface area contributed by atoms with Gasteiger partial charge in [-0.15, -0.1) is 0 Å². The highest BCUT2D eigenvalue weighted by molar-refractivity contribution is 6.58. The van der Waals surface area contributed by atoms with Crippen molar-refractivity contribution in [1.29, 1.82) is 5.41 Å². The molecule has 76 valence electrons. The Kier molecular flexibility index (Phi) is 4.03. The second-order valence-corrected chi connectivity index (χ2v) is 2.99. The molecular formula is C11H12BNO2. The van der Waals surface area contributed by atoms with Gasteiger partial charge in [-0.1, -0.05) is 36.9 Å². The Bertz CT molecular complexity index is 382. The van der Waals surface area contributed by atoms with Crippen molar-refractivity contribution in [3.05, 3.63) is 48.6 Å². The van der Waals surface area contributed by atoms with Gasteiger partial charge in [-0.3, -0.25) is 0 Å². The molecule has 0 saturated carbocycles. The van der Waals surface area contributed by atoms with E-state index < -0.39 is 7.12 Å². The van der Waals surface area contributed by atoms with Gasteiger partial charge in [0.15, 0.2) is 0 Å². The van der Waals surface area contributed by atoms with Gasteiger partial charge in [-0.05, 0) is 22.7 Å². The van der Waals surface area contributed by atoms with Gasteiger partial charge in [0.05, 0.1) is 0 Å². The first-order chi connectivity index (χ1) is 7.19. The molecule has 0 aliphatic rings. The Hall–Kier alpha value is -1.65. The predicted molar refractivity (Wildman–Crippen MR) is 63.2 cm³/mol. The van der Waals surface area contributed by atoms with Crippen molar-refractivity contribution in [3.8, 4) is 0 Å². The molecule has 0 radical (unpaired) electrons. The second kappa shape index (κ2) is 5.29. The van der Waals surface area contributed by atoms with E-state index in [4.69, 9.17) is 15.5 Å². The smallest absolute Gasteiger partial charge is 0.423 e. The Morgan fingerprint density at radius 2 is 1.87 bits per heavy atom. The zero-order valence-corrected chi connectivity index (χ0v) is 8.22. The van der Waals surface area contributed by atoms with E-state index in [1.54, 1.807) is 36.4 Å². The SMILES string of the molecule is C=C/C(=C\C=N)c1ccc(B(O)O)cc1. The van der Waals surface area contributed by atoms with Gasteiger partial charge in [0, 0.05) is 6.21 Å². The monoisotopic (exact) mass is 201 g/mol. The van der Waals surface area contributed by atoms with Gasteiger partial charge in [-0.2, -0.15) is 0 Å². The summed E-state index contributed by atoms with van der Waals surface area (Å²) in [5, 5.41) is 24.8. The lowest BCUT2D eigenvalue weighted by molar-refractivity contribution is 0.426. The van der Waals surface area contributed by atoms with Gasteiger partial charge in [0.1, 0.15) is 0 Å². The molecule has 0 amide bonds. The molecule has 1 aromatic rings. The summed E-state index contributed by atoms with van der Waals surface area (Å²) in [6.07, 6.45) is 4.46. The number of benzene rings is 1. The molecule has 3 nitrogen and oxygen atoms in total. The average Bonchev–Trinajstić information content (AvgIpc) is 2.26. The molecular weight excluding hydrogens is 189 g/mol. The van der Waals surface area contributed by atoms with E-state index in [1.165, 1.54) is 6.21 Å². The third-order valence-corrected chi connectivity index (χ3v) is 2.02. The van der Waals surface area contributed by atoms with Crippen LogP contribution in [0.2, 0.25) is 0 Å². The van der Waals surface area contributed by atoms with Crippen LogP contribution in [0.15, 0.2) is 43.0 Å². The van der Waals surface area contributed by atoms with Crippen molar-refractivity contribution in [3.63, 3.8) is 0 Å². The van der Waals surface area contributed by atoms with Crippen molar-refractivity contribution in [2.45, 2.75) is 0 Å². The lowest BCUT2D eigenvalue weighted by Crippen LogP contribution is -2.29. The van der Waals surface area contributed by atoms with Gasteiger partial charge in [0.2, 0.25) is 0 Å². The molecule has 0 aromatic heterocycles. The summed E-state index contributed by atoms with van der Waals surface area (Å²) < 4.78 is 0. The Balaban J connectivity index is 3.02. The molecule has 3 N–H and O–H groups in total. The molecule has 4 heteroatoms. The molecule has 0 atom stereocenters. The first-order valence-corrected chi connectivity index (χ1v) is 4.48. The molecule has 0 spiro atoms. The normalized spacial score (nSPS) is 10.9. The highest BCUT2D eigenvalue weighted by Gasteiger charge is 2.09. The van der Waals surface area contributed by atoms with Gasteiger partial charge < -0.3 is 15.5 Å². The summed E-state index contributed by atoms with van der Waals surface area (Å²) >= 11 is 0. The van der Waals surface area contributed by atoms with Crippen molar-refractivity contribution in [1.82, 2.24) is 0 Å². The number of rotatable bonds is 4. The van der Waals surface area contributed by atoms with Crippen molar-refractivity contribution >= 4 is 24.4 Å². The van der Waals surface area contributed by atoms with Crippen molar-refractivity contribution < 1.29 is 10.0 Å². The lowest BCUT2D eigenvalue weighted by atomic mass is 9.80. The standard InChI is InChI=1S/C11H12BNO2/c1-2-9(7-8-13)10-3-5-11(6-4-10)12(14)15/h2-8,13-15H,1H2/b9-7+,13-8?. The largest absolute Gasteiger partial charge is 0.488 e. The van der Waals surface area contributed by atoms with Crippen molar-refractivity contribution in [2.75, 3.05) is 0 Å². The number of hydrogen-bond donors (Lipinski definition) is 3. The van der Waals surface area contributed by atoms with E-state index in [0.29, 0.717) is 5.46 Å². The molecule has 1 rings (SSSR count). The van der Waals surface area contributed by atoms with Crippen LogP contribution in [-0.2, 0) is 0 Å². The number of nitrogens with one attached hydrogen (secondary N) is 1. The van der Waals surface area contributed by atoms with Gasteiger partial charge in [0.25, 0.3) is 0 Å². The van der Waals surface area contributed by atoms with E-state index in [2.05, 4.69) is 6.58 Å². The quantitative estimate of drug-likeness (QED) is 0.379. The topological polar surface area (TPSA) is 64.3 Å². The van der Waals surface area contributed by atoms with E-state index in [9.17, 15) is 0 Å². The van der Waals surface area contributed by atoms with Crippen LogP contribution in [0.1, 0.15) is 5.56 Å². The van der Waals surface area contributed by atoms with Crippen LogP contribution in [-0.4, -0.2) is 23.4 Å². The molecule has 0 aliphatic carbocycles. The minimum atomic E-state index is -1.45. The molecule has 0 saturated heterocycles. The maximum Gasteiger partial charge on any atom is 0.488 e. The fraction of sp³-hybridized carbons (Fsp3) is 0. The second-order valence-electron chi connectivity index (χ2n) is 2.99. The van der Waals surface area contributed by atoms with E-state index in [-0.39, 0.29) is 0 Å². The fourth-order valence-electron chi connectivity index (χ4n) is 1.22. The van der Waals surface area contributed by atoms with Crippen molar-refractivity contribution in [2.24, 2.45) is 0 Å². The highest BCUT2D eigenvalue weighted by atomic mass is 16.4. The minimum Gasteiger partial charge on any atom is -0.423 e. The third kappa shape index (κ3) is 2.90. The first kappa shape index (κ1) is 11.4. The predicted octanol–water partition coefficient (Wildman–Crippen LogP) is 0.585. The molecule has 0 bridgehead atoms. The van der Waals surface area contributed by atoms with Crippen LogP contribution in [0.3, 0.4) is 0 Å². The molecule has 0 fully saturated rings. The van der Waals surface area contributed by atoms with E-state index in [0.717, 1.165) is 11.1 Å². The number of allylic oxidation sites excluding steroid dienone is 3. The average molecular weight is 201 g/mol. The van der Waals surface area contributed by atoms with Crippen LogP contribution >= 0.6 is 0 Å². The molecule has 15 heavy (non-hydrogen) atoms. The van der Waals surface area contributed by atoms with Crippen LogP contribution in [0, 0.1) is 5.41 Å². The fourth-order valence-corrected chi connectivity index (χ4v) is 1.22. The molecule has 0 heterocycles. The Morgan fingerprint density at radius 1 is 1.27 bits per heavy atom. The zero-order valence-electron chi connectivity index (χ0n) is 8.22. The molecule has 0 aliphatic heterocycles. The minimum absolute atomic E-state index is 0.442. The summed E-state index contributed by atoms with van der Waals surface area (Å²) in [4.78, 5) is 0. The summed E-state index contributed by atoms with van der Waals surface area (Å²) in [5.74, 6) is 0. The van der Waals surface area contributed by atoms with Crippen LogP contribution in [0.25, 0.3) is 5.57 Å². The van der Waals surface area contributed by atoms with Crippen LogP contribution in [0.5, 0.6) is 0 Å². The summed E-state index contributed by atoms with van der Waals surface area (Å²) in [6.45, 7) is 3.64. The van der Waals surface area contributed by atoms with Gasteiger partial charge >= 0.3 is 7.12 Å². The Morgan fingerprint density at radius 3 is 2.27 bits per heavy atom. The highest BCUT2D eigenvalue weighted by Crippen LogP contribution is 2.13. The molecule has 1 aromatic carbocycles. The molecule has 0 unspecified atom stereocenters. The lowest BCUT2D eigenvalue weighted by Gasteiger charge is -2.03. The maximum absolute atomic E-state index is 8.90. The van der Waals surface area contributed by atoms with E-state index in [1.807, 2.05) is 0 Å². The maximum atomic E-state index is 8.90. The third-order valence-electron chi connectivity index (χ3n) is 2.02. The van der Waals surface area contributed by atoms with Gasteiger partial charge in [-0.25, -0.2) is 0 Å². The van der Waals surface area contributed by atoms with E-state index >= 15 is 0 Å². The Labute approximate surface area is 89.0 Å². The zero-order chi connectivity index (χ0) is 11.3. The summed E-state index contributed by atoms with van der Waals surface area (Å²) in [7, 11) is -1.45. The summed E-state index contributed by atoms with van der Waals surface area (Å²) in [6, 6.07) is 6.76. The number of hydrogen-bond acceptors (Lipinski definition) is 3. The van der Waals surface area contributed by atoms with Crippen LogP contribution < -0.4 is 5.46 Å². The first-order valence-electron chi connectivity index (χ1n) is 4.48.